The zero-order chi connectivity index (χ0) is 12.8. The molecule has 0 saturated carbocycles. The van der Waals surface area contributed by atoms with Crippen molar-refractivity contribution in [2.45, 2.75) is 52.0 Å². The van der Waals surface area contributed by atoms with Crippen LogP contribution < -0.4 is 5.32 Å². The minimum absolute atomic E-state index is 0.714. The van der Waals surface area contributed by atoms with Gasteiger partial charge in [0.25, 0.3) is 0 Å². The fourth-order valence-electron chi connectivity index (χ4n) is 3.36. The Bertz CT molecular complexity index is 260. The van der Waals surface area contributed by atoms with Gasteiger partial charge in [-0.15, -0.1) is 0 Å². The van der Waals surface area contributed by atoms with Gasteiger partial charge in [-0.3, -0.25) is 0 Å². The first-order chi connectivity index (χ1) is 8.74. The predicted molar refractivity (Wildman–Crippen MR) is 78.8 cm³/mol. The van der Waals surface area contributed by atoms with Crippen LogP contribution in [0.1, 0.15) is 46.0 Å². The fourth-order valence-corrected chi connectivity index (χ4v) is 3.36. The standard InChI is InChI=1S/C16H30N2/c1-14(2)11-16-13-18(10-6-9-17-16)12-15-7-4-3-5-8-15/h3-4,14-17H,5-13H2,1-2H3. The third-order valence-electron chi connectivity index (χ3n) is 4.21. The van der Waals surface area contributed by atoms with Crippen LogP contribution in [-0.4, -0.2) is 37.1 Å². The summed E-state index contributed by atoms with van der Waals surface area (Å²) in [7, 11) is 0. The summed E-state index contributed by atoms with van der Waals surface area (Å²) in [4.78, 5) is 2.72. The Hall–Kier alpha value is -0.340. The number of hydrogen-bond acceptors (Lipinski definition) is 2. The van der Waals surface area contributed by atoms with Crippen molar-refractivity contribution in [3.8, 4) is 0 Å². The summed E-state index contributed by atoms with van der Waals surface area (Å²) in [6.45, 7) is 9.75. The molecule has 0 aromatic carbocycles. The maximum atomic E-state index is 3.72. The molecule has 2 atom stereocenters. The molecule has 2 nitrogen and oxygen atoms in total. The van der Waals surface area contributed by atoms with Gasteiger partial charge in [-0.1, -0.05) is 26.0 Å². The quantitative estimate of drug-likeness (QED) is 0.772. The van der Waals surface area contributed by atoms with Gasteiger partial charge < -0.3 is 10.2 Å². The van der Waals surface area contributed by atoms with Gasteiger partial charge in [-0.2, -0.15) is 0 Å². The normalized spacial score (nSPS) is 30.6. The molecular formula is C16H30N2. The SMILES string of the molecule is CC(C)CC1CN(CC2CC=CCC2)CCCN1. The van der Waals surface area contributed by atoms with E-state index in [4.69, 9.17) is 0 Å². The van der Waals surface area contributed by atoms with E-state index >= 15 is 0 Å². The fraction of sp³-hybridized carbons (Fsp3) is 0.875. The molecule has 2 rings (SSSR count). The van der Waals surface area contributed by atoms with E-state index in [0.717, 1.165) is 11.8 Å². The first-order valence-corrected chi connectivity index (χ1v) is 7.84. The van der Waals surface area contributed by atoms with E-state index < -0.39 is 0 Å². The van der Waals surface area contributed by atoms with E-state index in [0.29, 0.717) is 6.04 Å². The molecule has 104 valence electrons. The van der Waals surface area contributed by atoms with Crippen LogP contribution >= 0.6 is 0 Å². The molecule has 0 aromatic heterocycles. The van der Waals surface area contributed by atoms with Gasteiger partial charge >= 0.3 is 0 Å². The summed E-state index contributed by atoms with van der Waals surface area (Å²) in [5.41, 5.74) is 0. The Balaban J connectivity index is 1.80. The molecule has 1 aliphatic carbocycles. The van der Waals surface area contributed by atoms with Crippen LogP contribution in [0.3, 0.4) is 0 Å². The lowest BCUT2D eigenvalue weighted by Crippen LogP contribution is -2.40. The summed E-state index contributed by atoms with van der Waals surface area (Å²) in [6.07, 6.45) is 11.4. The number of rotatable bonds is 4. The molecule has 2 unspecified atom stereocenters. The molecular weight excluding hydrogens is 220 g/mol. The van der Waals surface area contributed by atoms with Crippen LogP contribution in [0, 0.1) is 11.8 Å². The molecule has 0 bridgehead atoms. The average molecular weight is 250 g/mol. The van der Waals surface area contributed by atoms with Crippen molar-refractivity contribution in [1.29, 1.82) is 0 Å². The highest BCUT2D eigenvalue weighted by atomic mass is 15.2. The molecule has 18 heavy (non-hydrogen) atoms. The van der Waals surface area contributed by atoms with Crippen LogP contribution in [0.4, 0.5) is 0 Å². The largest absolute Gasteiger partial charge is 0.313 e. The molecule has 0 aromatic rings. The molecule has 2 aliphatic rings. The first-order valence-electron chi connectivity index (χ1n) is 7.84. The minimum Gasteiger partial charge on any atom is -0.313 e. The van der Waals surface area contributed by atoms with Crippen LogP contribution in [0.25, 0.3) is 0 Å². The number of nitrogens with zero attached hydrogens (tertiary/aromatic N) is 1. The summed E-state index contributed by atoms with van der Waals surface area (Å²) in [6, 6.07) is 0.714. The topological polar surface area (TPSA) is 15.3 Å². The second-order valence-electron chi connectivity index (χ2n) is 6.54. The van der Waals surface area contributed by atoms with Gasteiger partial charge in [0.05, 0.1) is 0 Å². The Labute approximate surface area is 113 Å². The summed E-state index contributed by atoms with van der Waals surface area (Å²) in [5, 5.41) is 3.72. The van der Waals surface area contributed by atoms with Crippen molar-refractivity contribution in [1.82, 2.24) is 10.2 Å². The third kappa shape index (κ3) is 4.74. The monoisotopic (exact) mass is 250 g/mol. The molecule has 1 N–H and O–H groups in total. The van der Waals surface area contributed by atoms with Gasteiger partial charge in [0, 0.05) is 19.1 Å². The Morgan fingerprint density at radius 3 is 2.94 bits per heavy atom. The second kappa shape index (κ2) is 7.30. The Kier molecular flexibility index (Phi) is 5.71. The smallest absolute Gasteiger partial charge is 0.0197 e. The van der Waals surface area contributed by atoms with E-state index in [9.17, 15) is 0 Å². The maximum absolute atomic E-state index is 3.72. The van der Waals surface area contributed by atoms with Crippen molar-refractivity contribution in [3.05, 3.63) is 12.2 Å². The van der Waals surface area contributed by atoms with Gasteiger partial charge in [0.2, 0.25) is 0 Å². The Morgan fingerprint density at radius 1 is 1.33 bits per heavy atom. The third-order valence-corrected chi connectivity index (χ3v) is 4.21. The van der Waals surface area contributed by atoms with Gasteiger partial charge in [0.15, 0.2) is 0 Å². The van der Waals surface area contributed by atoms with E-state index in [1.807, 2.05) is 0 Å². The van der Waals surface area contributed by atoms with Gasteiger partial charge in [-0.25, -0.2) is 0 Å². The van der Waals surface area contributed by atoms with Crippen LogP contribution in [-0.2, 0) is 0 Å². The van der Waals surface area contributed by atoms with Crippen molar-refractivity contribution in [2.24, 2.45) is 11.8 Å². The molecule has 1 heterocycles. The molecule has 2 heteroatoms. The van der Waals surface area contributed by atoms with E-state index in [-0.39, 0.29) is 0 Å². The van der Waals surface area contributed by atoms with Crippen LogP contribution in [0.2, 0.25) is 0 Å². The van der Waals surface area contributed by atoms with E-state index in [2.05, 4.69) is 36.2 Å². The zero-order valence-electron chi connectivity index (χ0n) is 12.2. The van der Waals surface area contributed by atoms with Crippen LogP contribution in [0.15, 0.2) is 12.2 Å². The molecule has 1 fully saturated rings. The van der Waals surface area contributed by atoms with Crippen molar-refractivity contribution in [2.75, 3.05) is 26.2 Å². The van der Waals surface area contributed by atoms with Gasteiger partial charge in [-0.05, 0) is 57.0 Å². The number of allylic oxidation sites excluding steroid dienone is 2. The Morgan fingerprint density at radius 2 is 2.22 bits per heavy atom. The number of hydrogen-bond donors (Lipinski definition) is 1. The summed E-state index contributed by atoms with van der Waals surface area (Å²) in [5.74, 6) is 1.72. The van der Waals surface area contributed by atoms with E-state index in [1.165, 1.54) is 58.3 Å². The molecule has 0 amide bonds. The maximum Gasteiger partial charge on any atom is 0.0197 e. The zero-order valence-corrected chi connectivity index (χ0v) is 12.2. The highest BCUT2D eigenvalue weighted by Crippen LogP contribution is 2.20. The van der Waals surface area contributed by atoms with Crippen molar-refractivity contribution < 1.29 is 0 Å². The van der Waals surface area contributed by atoms with Crippen molar-refractivity contribution >= 4 is 0 Å². The molecule has 1 saturated heterocycles. The highest BCUT2D eigenvalue weighted by Gasteiger charge is 2.21. The second-order valence-corrected chi connectivity index (χ2v) is 6.54. The summed E-state index contributed by atoms with van der Waals surface area (Å²) < 4.78 is 0. The summed E-state index contributed by atoms with van der Waals surface area (Å²) >= 11 is 0. The lowest BCUT2D eigenvalue weighted by atomic mass is 9.93. The minimum atomic E-state index is 0.714. The average Bonchev–Trinajstić information content (AvgIpc) is 2.55. The first kappa shape index (κ1) is 14.1. The number of nitrogens with one attached hydrogen (secondary N) is 1. The van der Waals surface area contributed by atoms with Crippen molar-refractivity contribution in [3.63, 3.8) is 0 Å². The van der Waals surface area contributed by atoms with E-state index in [1.54, 1.807) is 0 Å². The molecule has 0 spiro atoms. The lowest BCUT2D eigenvalue weighted by molar-refractivity contribution is 0.212. The predicted octanol–water partition coefficient (Wildman–Crippen LogP) is 3.05. The van der Waals surface area contributed by atoms with Gasteiger partial charge in [0.1, 0.15) is 0 Å². The van der Waals surface area contributed by atoms with Crippen LogP contribution in [0.5, 0.6) is 0 Å². The molecule has 1 aliphatic heterocycles. The highest BCUT2D eigenvalue weighted by molar-refractivity contribution is 4.91. The molecule has 0 radical (unpaired) electrons. The lowest BCUT2D eigenvalue weighted by Gasteiger charge is -2.29.